The van der Waals surface area contributed by atoms with E-state index in [2.05, 4.69) is 10.6 Å². The molecule has 1 saturated carbocycles. The Labute approximate surface area is 168 Å². The number of hydrogen-bond acceptors (Lipinski definition) is 5. The van der Waals surface area contributed by atoms with Gasteiger partial charge in [-0.25, -0.2) is 0 Å². The van der Waals surface area contributed by atoms with Gasteiger partial charge in [0, 0.05) is 10.9 Å². The van der Waals surface area contributed by atoms with Crippen molar-refractivity contribution in [2.75, 3.05) is 11.9 Å². The second-order valence-electron chi connectivity index (χ2n) is 6.52. The molecule has 1 aliphatic carbocycles. The molecular formula is C21H22N2O4S. The van der Waals surface area contributed by atoms with Gasteiger partial charge in [-0.15, -0.1) is 11.8 Å². The number of carbonyl (C=O) groups excluding carboxylic acids is 3. The summed E-state index contributed by atoms with van der Waals surface area (Å²) in [5, 5.41) is 5.10. The zero-order valence-electron chi connectivity index (χ0n) is 15.5. The van der Waals surface area contributed by atoms with E-state index in [1.807, 2.05) is 30.3 Å². The summed E-state index contributed by atoms with van der Waals surface area (Å²) < 4.78 is 5.11. The van der Waals surface area contributed by atoms with Gasteiger partial charge in [-0.05, 0) is 44.0 Å². The molecule has 7 heteroatoms. The van der Waals surface area contributed by atoms with Crippen molar-refractivity contribution in [2.45, 2.75) is 36.0 Å². The summed E-state index contributed by atoms with van der Waals surface area (Å²) in [7, 11) is 0. The summed E-state index contributed by atoms with van der Waals surface area (Å²) in [6, 6.07) is 16.5. The van der Waals surface area contributed by atoms with Crippen molar-refractivity contribution in [3.8, 4) is 0 Å². The van der Waals surface area contributed by atoms with Crippen LogP contribution in [0.25, 0.3) is 0 Å². The molecule has 0 saturated heterocycles. The average Bonchev–Trinajstić information content (AvgIpc) is 3.51. The second-order valence-corrected chi connectivity index (χ2v) is 7.94. The predicted octanol–water partition coefficient (Wildman–Crippen LogP) is 3.24. The lowest BCUT2D eigenvalue weighted by Crippen LogP contribution is -2.28. The first-order valence-corrected chi connectivity index (χ1v) is 9.99. The Morgan fingerprint density at radius 3 is 2.46 bits per heavy atom. The Bertz CT molecular complexity index is 852. The maximum absolute atomic E-state index is 12.3. The summed E-state index contributed by atoms with van der Waals surface area (Å²) in [6.07, 6.45) is 1.96. The van der Waals surface area contributed by atoms with Gasteiger partial charge in [-0.2, -0.15) is 0 Å². The number of carbonyl (C=O) groups is 3. The molecule has 0 heterocycles. The number of rotatable bonds is 8. The van der Waals surface area contributed by atoms with E-state index in [1.165, 1.54) is 11.8 Å². The van der Waals surface area contributed by atoms with Crippen molar-refractivity contribution in [2.24, 2.45) is 0 Å². The average molecular weight is 398 g/mol. The zero-order chi connectivity index (χ0) is 19.9. The van der Waals surface area contributed by atoms with Gasteiger partial charge < -0.3 is 15.4 Å². The molecule has 2 N–H and O–H groups in total. The third kappa shape index (κ3) is 5.85. The fraction of sp³-hybridized carbons (Fsp3) is 0.286. The molecule has 0 aliphatic heterocycles. The third-order valence-electron chi connectivity index (χ3n) is 4.09. The van der Waals surface area contributed by atoms with Gasteiger partial charge >= 0.3 is 5.97 Å². The lowest BCUT2D eigenvalue weighted by atomic mass is 10.1. The molecule has 1 aliphatic rings. The molecule has 146 valence electrons. The number of esters is 1. The van der Waals surface area contributed by atoms with Gasteiger partial charge in [0.2, 0.25) is 0 Å². The van der Waals surface area contributed by atoms with E-state index >= 15 is 0 Å². The second kappa shape index (κ2) is 9.41. The quantitative estimate of drug-likeness (QED) is 0.527. The van der Waals surface area contributed by atoms with E-state index in [0.29, 0.717) is 11.3 Å². The van der Waals surface area contributed by atoms with Gasteiger partial charge in [0.15, 0.2) is 6.61 Å². The highest BCUT2D eigenvalue weighted by Gasteiger charge is 2.25. The number of benzene rings is 2. The van der Waals surface area contributed by atoms with Crippen LogP contribution < -0.4 is 10.6 Å². The third-order valence-corrected chi connectivity index (χ3v) is 5.18. The van der Waals surface area contributed by atoms with Gasteiger partial charge in [0.1, 0.15) is 5.25 Å². The summed E-state index contributed by atoms with van der Waals surface area (Å²) in [5.41, 5.74) is 0.787. The Morgan fingerprint density at radius 2 is 1.75 bits per heavy atom. The topological polar surface area (TPSA) is 84.5 Å². The highest BCUT2D eigenvalue weighted by molar-refractivity contribution is 8.00. The van der Waals surface area contributed by atoms with E-state index in [0.717, 1.165) is 17.7 Å². The van der Waals surface area contributed by atoms with Crippen LogP contribution in [0.5, 0.6) is 0 Å². The largest absolute Gasteiger partial charge is 0.455 e. The molecule has 1 fully saturated rings. The van der Waals surface area contributed by atoms with E-state index in [1.54, 1.807) is 31.2 Å². The zero-order valence-corrected chi connectivity index (χ0v) is 16.3. The van der Waals surface area contributed by atoms with Crippen LogP contribution in [0.1, 0.15) is 30.1 Å². The molecular weight excluding hydrogens is 376 g/mol. The molecule has 2 amide bonds. The molecule has 6 nitrogen and oxygen atoms in total. The van der Waals surface area contributed by atoms with Crippen LogP contribution in [0.2, 0.25) is 0 Å². The summed E-state index contributed by atoms with van der Waals surface area (Å²) in [6.45, 7) is 1.33. The Hall–Kier alpha value is -2.80. The lowest BCUT2D eigenvalue weighted by molar-refractivity contribution is -0.146. The Kier molecular flexibility index (Phi) is 6.71. The van der Waals surface area contributed by atoms with Gasteiger partial charge in [-0.1, -0.05) is 30.3 Å². The number of hydrogen-bond donors (Lipinski definition) is 2. The first-order valence-electron chi connectivity index (χ1n) is 9.11. The molecule has 0 bridgehead atoms. The maximum atomic E-state index is 12.3. The first-order chi connectivity index (χ1) is 13.5. The van der Waals surface area contributed by atoms with Crippen LogP contribution in [0.4, 0.5) is 5.69 Å². The minimum atomic E-state index is -0.489. The molecule has 0 aromatic heterocycles. The Morgan fingerprint density at radius 1 is 1.07 bits per heavy atom. The van der Waals surface area contributed by atoms with Crippen molar-refractivity contribution in [1.29, 1.82) is 0 Å². The van der Waals surface area contributed by atoms with Gasteiger partial charge in [0.05, 0.1) is 11.3 Å². The van der Waals surface area contributed by atoms with Crippen LogP contribution in [-0.4, -0.2) is 35.7 Å². The van der Waals surface area contributed by atoms with Crippen LogP contribution in [0, 0.1) is 0 Å². The number of nitrogens with one attached hydrogen (secondary N) is 2. The van der Waals surface area contributed by atoms with Crippen molar-refractivity contribution in [3.63, 3.8) is 0 Å². The standard InChI is InChI=1S/C21H22N2O4S/c1-14(28-16-7-3-2-4-8-16)21(26)27-13-19(24)23-18-10-6-5-9-17(18)20(25)22-15-11-12-15/h2-10,14-15H,11-13H2,1H3,(H,22,25)(H,23,24)/t14-/m1/s1. The van der Waals surface area contributed by atoms with E-state index < -0.39 is 23.7 Å². The number of amides is 2. The Balaban J connectivity index is 1.50. The molecule has 0 unspecified atom stereocenters. The first kappa shape index (κ1) is 19.9. The van der Waals surface area contributed by atoms with Crippen LogP contribution in [0.15, 0.2) is 59.5 Å². The van der Waals surface area contributed by atoms with Crippen molar-refractivity contribution >= 4 is 35.2 Å². The number of thioether (sulfide) groups is 1. The molecule has 2 aromatic rings. The number of anilines is 1. The molecule has 28 heavy (non-hydrogen) atoms. The maximum Gasteiger partial charge on any atom is 0.319 e. The van der Waals surface area contributed by atoms with Crippen LogP contribution in [-0.2, 0) is 14.3 Å². The highest BCUT2D eigenvalue weighted by Crippen LogP contribution is 2.24. The minimum Gasteiger partial charge on any atom is -0.455 e. The molecule has 1 atom stereocenters. The molecule has 3 rings (SSSR count). The SMILES string of the molecule is C[C@@H](Sc1ccccc1)C(=O)OCC(=O)Nc1ccccc1C(=O)NC1CC1. The lowest BCUT2D eigenvalue weighted by Gasteiger charge is -2.13. The fourth-order valence-corrected chi connectivity index (χ4v) is 3.36. The normalized spacial score (nSPS) is 14.0. The minimum absolute atomic E-state index is 0.219. The van der Waals surface area contributed by atoms with Crippen molar-refractivity contribution < 1.29 is 19.1 Å². The molecule has 0 radical (unpaired) electrons. The monoisotopic (exact) mass is 398 g/mol. The highest BCUT2D eigenvalue weighted by atomic mass is 32.2. The van der Waals surface area contributed by atoms with Crippen LogP contribution in [0.3, 0.4) is 0 Å². The van der Waals surface area contributed by atoms with E-state index in [4.69, 9.17) is 4.74 Å². The summed E-state index contributed by atoms with van der Waals surface area (Å²) >= 11 is 1.37. The number of ether oxygens (including phenoxy) is 1. The van der Waals surface area contributed by atoms with Crippen LogP contribution >= 0.6 is 11.8 Å². The summed E-state index contributed by atoms with van der Waals surface area (Å²) in [4.78, 5) is 37.5. The predicted molar refractivity (Wildman–Crippen MR) is 108 cm³/mol. The smallest absolute Gasteiger partial charge is 0.319 e. The van der Waals surface area contributed by atoms with Gasteiger partial charge in [-0.3, -0.25) is 14.4 Å². The summed E-state index contributed by atoms with van der Waals surface area (Å²) in [5.74, 6) is -1.18. The fourth-order valence-electron chi connectivity index (χ4n) is 2.47. The van der Waals surface area contributed by atoms with Crippen molar-refractivity contribution in [1.82, 2.24) is 5.32 Å². The van der Waals surface area contributed by atoms with Gasteiger partial charge in [0.25, 0.3) is 11.8 Å². The van der Waals surface area contributed by atoms with Crippen molar-refractivity contribution in [3.05, 3.63) is 60.2 Å². The molecule has 0 spiro atoms. The number of para-hydroxylation sites is 1. The van der Waals surface area contributed by atoms with E-state index in [9.17, 15) is 14.4 Å². The van der Waals surface area contributed by atoms with E-state index in [-0.39, 0.29) is 11.9 Å². The molecule has 2 aromatic carbocycles.